The maximum Gasteiger partial charge on any atom is 0.233 e. The number of nitrogens with zero attached hydrogens (tertiary/aromatic N) is 2. The molecule has 1 fully saturated rings. The average molecular weight is 249 g/mol. The van der Waals surface area contributed by atoms with E-state index < -0.39 is 0 Å². The van der Waals surface area contributed by atoms with Crippen LogP contribution in [0.4, 0.5) is 0 Å². The molecular weight excluding hydrogens is 226 g/mol. The van der Waals surface area contributed by atoms with Gasteiger partial charge in [-0.2, -0.15) is 5.10 Å². The van der Waals surface area contributed by atoms with Crippen LogP contribution in [0.3, 0.4) is 0 Å². The maximum atomic E-state index is 6.30. The third-order valence-electron chi connectivity index (χ3n) is 4.19. The zero-order valence-electron chi connectivity index (χ0n) is 11.3. The van der Waals surface area contributed by atoms with Crippen molar-refractivity contribution in [3.8, 4) is 5.88 Å². The Morgan fingerprint density at radius 1 is 1.28 bits per heavy atom. The molecule has 0 spiro atoms. The van der Waals surface area contributed by atoms with E-state index in [9.17, 15) is 0 Å². The molecule has 18 heavy (non-hydrogen) atoms. The highest BCUT2D eigenvalue weighted by Gasteiger charge is 2.26. The van der Waals surface area contributed by atoms with Crippen LogP contribution in [0.2, 0.25) is 0 Å². The third kappa shape index (κ3) is 2.99. The fourth-order valence-corrected chi connectivity index (χ4v) is 2.81. The minimum absolute atomic E-state index is 0.0150. The minimum atomic E-state index is 0.0150. The largest absolute Gasteiger partial charge is 0.480 e. The number of hydrogen-bond acceptors (Lipinski definition) is 4. The second-order valence-electron chi connectivity index (χ2n) is 5.22. The normalized spacial score (nSPS) is 25.7. The molecule has 4 nitrogen and oxygen atoms in total. The molecule has 1 aliphatic rings. The molecule has 1 atom stereocenters. The van der Waals surface area contributed by atoms with E-state index in [0.29, 0.717) is 11.8 Å². The first kappa shape index (κ1) is 13.3. The van der Waals surface area contributed by atoms with Crippen LogP contribution < -0.4 is 10.5 Å². The summed E-state index contributed by atoms with van der Waals surface area (Å²) in [6.45, 7) is 2.28. The Bertz CT molecular complexity index is 358. The summed E-state index contributed by atoms with van der Waals surface area (Å²) in [4.78, 5) is 0. The number of aromatic nitrogens is 2. The average Bonchev–Trinajstić information content (AvgIpc) is 2.47. The Labute approximate surface area is 109 Å². The van der Waals surface area contributed by atoms with Gasteiger partial charge >= 0.3 is 0 Å². The SMILES string of the molecule is CCC1CCC(C(N)c2ccc(OC)nn2)CC1. The molecule has 0 amide bonds. The van der Waals surface area contributed by atoms with Crippen molar-refractivity contribution in [3.63, 3.8) is 0 Å². The highest BCUT2D eigenvalue weighted by atomic mass is 16.5. The van der Waals surface area contributed by atoms with E-state index in [1.54, 1.807) is 7.11 Å². The zero-order valence-corrected chi connectivity index (χ0v) is 11.3. The first-order chi connectivity index (χ1) is 8.74. The Balaban J connectivity index is 1.96. The lowest BCUT2D eigenvalue weighted by Crippen LogP contribution is -2.26. The summed E-state index contributed by atoms with van der Waals surface area (Å²) in [7, 11) is 1.59. The van der Waals surface area contributed by atoms with Crippen LogP contribution in [0, 0.1) is 11.8 Å². The number of hydrogen-bond donors (Lipinski definition) is 1. The van der Waals surface area contributed by atoms with Gasteiger partial charge in [-0.25, -0.2) is 0 Å². The molecule has 1 aromatic heterocycles. The molecule has 0 aromatic carbocycles. The summed E-state index contributed by atoms with van der Waals surface area (Å²) in [5.41, 5.74) is 7.19. The maximum absolute atomic E-state index is 6.30. The van der Waals surface area contributed by atoms with E-state index in [2.05, 4.69) is 17.1 Å². The lowest BCUT2D eigenvalue weighted by atomic mass is 9.77. The number of rotatable bonds is 4. The molecule has 1 aromatic rings. The molecule has 1 aliphatic carbocycles. The Morgan fingerprint density at radius 2 is 2.00 bits per heavy atom. The van der Waals surface area contributed by atoms with Gasteiger partial charge in [0.25, 0.3) is 0 Å². The summed E-state index contributed by atoms with van der Waals surface area (Å²) >= 11 is 0. The van der Waals surface area contributed by atoms with Crippen molar-refractivity contribution in [1.29, 1.82) is 0 Å². The van der Waals surface area contributed by atoms with Crippen LogP contribution in [0.1, 0.15) is 50.8 Å². The van der Waals surface area contributed by atoms with Crippen LogP contribution in [0.5, 0.6) is 5.88 Å². The highest BCUT2D eigenvalue weighted by Crippen LogP contribution is 2.36. The van der Waals surface area contributed by atoms with Crippen molar-refractivity contribution in [2.45, 2.75) is 45.1 Å². The quantitative estimate of drug-likeness (QED) is 0.891. The van der Waals surface area contributed by atoms with Gasteiger partial charge in [-0.05, 0) is 30.7 Å². The number of ether oxygens (including phenoxy) is 1. The molecule has 0 aliphatic heterocycles. The summed E-state index contributed by atoms with van der Waals surface area (Å²) in [6, 6.07) is 3.78. The summed E-state index contributed by atoms with van der Waals surface area (Å²) in [5.74, 6) is 1.99. The molecular formula is C14H23N3O. The Morgan fingerprint density at radius 3 is 2.50 bits per heavy atom. The fraction of sp³-hybridized carbons (Fsp3) is 0.714. The second-order valence-corrected chi connectivity index (χ2v) is 5.22. The summed E-state index contributed by atoms with van der Waals surface area (Å²) < 4.78 is 5.01. The van der Waals surface area contributed by atoms with Crippen molar-refractivity contribution in [2.24, 2.45) is 17.6 Å². The van der Waals surface area contributed by atoms with Gasteiger partial charge < -0.3 is 10.5 Å². The Hall–Kier alpha value is -1.16. The van der Waals surface area contributed by atoms with E-state index >= 15 is 0 Å². The van der Waals surface area contributed by atoms with Gasteiger partial charge in [-0.3, -0.25) is 0 Å². The van der Waals surface area contributed by atoms with Crippen LogP contribution in [0.15, 0.2) is 12.1 Å². The number of nitrogens with two attached hydrogens (primary N) is 1. The topological polar surface area (TPSA) is 61.0 Å². The Kier molecular flexibility index (Phi) is 4.53. The van der Waals surface area contributed by atoms with Gasteiger partial charge in [0.05, 0.1) is 18.8 Å². The molecule has 2 N–H and O–H groups in total. The van der Waals surface area contributed by atoms with Gasteiger partial charge in [0.15, 0.2) is 0 Å². The lowest BCUT2D eigenvalue weighted by Gasteiger charge is -2.31. The van der Waals surface area contributed by atoms with Crippen LogP contribution >= 0.6 is 0 Å². The minimum Gasteiger partial charge on any atom is -0.480 e. The van der Waals surface area contributed by atoms with Gasteiger partial charge in [0, 0.05) is 6.07 Å². The summed E-state index contributed by atoms with van der Waals surface area (Å²) in [6.07, 6.45) is 6.34. The molecule has 1 unspecified atom stereocenters. The van der Waals surface area contributed by atoms with Crippen molar-refractivity contribution in [2.75, 3.05) is 7.11 Å². The molecule has 0 saturated heterocycles. The smallest absolute Gasteiger partial charge is 0.233 e. The lowest BCUT2D eigenvalue weighted by molar-refractivity contribution is 0.237. The first-order valence-corrected chi connectivity index (χ1v) is 6.87. The molecule has 0 bridgehead atoms. The monoisotopic (exact) mass is 249 g/mol. The molecule has 2 rings (SSSR count). The fourth-order valence-electron chi connectivity index (χ4n) is 2.81. The van der Waals surface area contributed by atoms with Gasteiger partial charge in [0.1, 0.15) is 0 Å². The van der Waals surface area contributed by atoms with Crippen LogP contribution in [-0.2, 0) is 0 Å². The van der Waals surface area contributed by atoms with Crippen molar-refractivity contribution in [1.82, 2.24) is 10.2 Å². The van der Waals surface area contributed by atoms with E-state index in [4.69, 9.17) is 10.5 Å². The molecule has 4 heteroatoms. The van der Waals surface area contributed by atoms with Crippen LogP contribution in [0.25, 0.3) is 0 Å². The zero-order chi connectivity index (χ0) is 13.0. The summed E-state index contributed by atoms with van der Waals surface area (Å²) in [5, 5.41) is 8.16. The second kappa shape index (κ2) is 6.14. The predicted octanol–water partition coefficient (Wildman–Crippen LogP) is 2.70. The van der Waals surface area contributed by atoms with E-state index in [-0.39, 0.29) is 6.04 Å². The highest BCUT2D eigenvalue weighted by molar-refractivity contribution is 5.14. The van der Waals surface area contributed by atoms with Gasteiger partial charge in [-0.1, -0.05) is 26.2 Å². The molecule has 100 valence electrons. The molecule has 1 heterocycles. The standard InChI is InChI=1S/C14H23N3O/c1-3-10-4-6-11(7-5-10)14(15)12-8-9-13(18-2)17-16-12/h8-11,14H,3-7,15H2,1-2H3. The number of methoxy groups -OCH3 is 1. The first-order valence-electron chi connectivity index (χ1n) is 6.87. The molecule has 0 radical (unpaired) electrons. The van der Waals surface area contributed by atoms with Gasteiger partial charge in [0.2, 0.25) is 5.88 Å². The van der Waals surface area contributed by atoms with E-state index in [0.717, 1.165) is 11.6 Å². The molecule has 1 saturated carbocycles. The van der Waals surface area contributed by atoms with E-state index in [1.807, 2.05) is 12.1 Å². The predicted molar refractivity (Wildman–Crippen MR) is 71.3 cm³/mol. The van der Waals surface area contributed by atoms with Gasteiger partial charge in [-0.15, -0.1) is 5.10 Å². The van der Waals surface area contributed by atoms with Crippen LogP contribution in [-0.4, -0.2) is 17.3 Å². The van der Waals surface area contributed by atoms with Crippen molar-refractivity contribution >= 4 is 0 Å². The van der Waals surface area contributed by atoms with Crippen molar-refractivity contribution in [3.05, 3.63) is 17.8 Å². The van der Waals surface area contributed by atoms with Crippen molar-refractivity contribution < 1.29 is 4.74 Å². The third-order valence-corrected chi connectivity index (χ3v) is 4.19. The van der Waals surface area contributed by atoms with E-state index in [1.165, 1.54) is 32.1 Å².